The molecule has 2 aromatic rings. The van der Waals surface area contributed by atoms with Crippen LogP contribution in [0.3, 0.4) is 0 Å². The van der Waals surface area contributed by atoms with E-state index in [4.69, 9.17) is 22.1 Å². The first-order valence-corrected chi connectivity index (χ1v) is 6.47. The first-order valence-electron chi connectivity index (χ1n) is 5.30. The summed E-state index contributed by atoms with van der Waals surface area (Å²) >= 11 is 9.29. The standard InChI is InChI=1S/C14H7BrClN3/c15-13-5-11(3-1-9(13)7-17)19-12-4-2-10(8-18)14(16)6-12/h1-6,19H. The van der Waals surface area contributed by atoms with Gasteiger partial charge in [-0.25, -0.2) is 0 Å². The fourth-order valence-electron chi connectivity index (χ4n) is 1.53. The molecule has 3 nitrogen and oxygen atoms in total. The molecule has 0 aliphatic carbocycles. The lowest BCUT2D eigenvalue weighted by molar-refractivity contribution is 1.45. The Bertz CT molecular complexity index is 652. The molecule has 19 heavy (non-hydrogen) atoms. The van der Waals surface area contributed by atoms with Gasteiger partial charge < -0.3 is 5.32 Å². The molecule has 1 N–H and O–H groups in total. The van der Waals surface area contributed by atoms with Crippen molar-refractivity contribution in [2.24, 2.45) is 0 Å². The number of nitrogens with one attached hydrogen (secondary N) is 1. The van der Waals surface area contributed by atoms with Gasteiger partial charge in [0.05, 0.1) is 16.1 Å². The van der Waals surface area contributed by atoms with Crippen LogP contribution in [-0.2, 0) is 0 Å². The van der Waals surface area contributed by atoms with Crippen LogP contribution in [0.1, 0.15) is 11.1 Å². The molecule has 0 unspecified atom stereocenters. The molecule has 2 rings (SSSR count). The van der Waals surface area contributed by atoms with Crippen molar-refractivity contribution in [3.05, 3.63) is 57.0 Å². The number of rotatable bonds is 2. The lowest BCUT2D eigenvalue weighted by Gasteiger charge is -2.08. The third-order valence-electron chi connectivity index (χ3n) is 2.47. The molecular formula is C14H7BrClN3. The van der Waals surface area contributed by atoms with E-state index in [-0.39, 0.29) is 0 Å². The highest BCUT2D eigenvalue weighted by Crippen LogP contribution is 2.26. The number of nitriles is 2. The molecule has 0 fully saturated rings. The van der Waals surface area contributed by atoms with E-state index in [0.29, 0.717) is 16.1 Å². The summed E-state index contributed by atoms with van der Waals surface area (Å²) in [5.41, 5.74) is 2.61. The summed E-state index contributed by atoms with van der Waals surface area (Å²) in [6.45, 7) is 0. The predicted octanol–water partition coefficient (Wildman–Crippen LogP) is 4.59. The highest BCUT2D eigenvalue weighted by atomic mass is 79.9. The van der Waals surface area contributed by atoms with E-state index in [1.165, 1.54) is 0 Å². The maximum absolute atomic E-state index is 8.84. The minimum absolute atomic E-state index is 0.403. The van der Waals surface area contributed by atoms with Crippen LogP contribution in [0.4, 0.5) is 11.4 Å². The third-order valence-corrected chi connectivity index (χ3v) is 3.44. The minimum atomic E-state index is 0.403. The van der Waals surface area contributed by atoms with Gasteiger partial charge in [0.2, 0.25) is 0 Å². The predicted molar refractivity (Wildman–Crippen MR) is 78.3 cm³/mol. The van der Waals surface area contributed by atoms with Gasteiger partial charge in [-0.2, -0.15) is 10.5 Å². The summed E-state index contributed by atoms with van der Waals surface area (Å²) in [7, 11) is 0. The van der Waals surface area contributed by atoms with Crippen molar-refractivity contribution in [1.82, 2.24) is 0 Å². The Morgan fingerprint density at radius 2 is 1.53 bits per heavy atom. The molecule has 0 amide bonds. The number of hydrogen-bond donors (Lipinski definition) is 1. The molecule has 0 bridgehead atoms. The van der Waals surface area contributed by atoms with Crippen LogP contribution in [0.5, 0.6) is 0 Å². The Labute approximate surface area is 124 Å². The Hall–Kier alpha value is -2.01. The first kappa shape index (κ1) is 13.4. The molecule has 0 heterocycles. The van der Waals surface area contributed by atoms with Crippen LogP contribution in [-0.4, -0.2) is 0 Å². The summed E-state index contributed by atoms with van der Waals surface area (Å²) in [6, 6.07) is 14.5. The minimum Gasteiger partial charge on any atom is -0.355 e. The molecule has 92 valence electrons. The largest absolute Gasteiger partial charge is 0.355 e. The van der Waals surface area contributed by atoms with Crippen LogP contribution < -0.4 is 5.32 Å². The molecule has 2 aromatic carbocycles. The number of halogens is 2. The molecule has 0 spiro atoms. The second-order valence-corrected chi connectivity index (χ2v) is 5.00. The van der Waals surface area contributed by atoms with Crippen molar-refractivity contribution in [2.75, 3.05) is 5.32 Å². The second-order valence-electron chi connectivity index (χ2n) is 3.74. The number of benzene rings is 2. The van der Waals surface area contributed by atoms with Gasteiger partial charge in [0.1, 0.15) is 12.1 Å². The highest BCUT2D eigenvalue weighted by Gasteiger charge is 2.03. The van der Waals surface area contributed by atoms with Crippen molar-refractivity contribution in [1.29, 1.82) is 10.5 Å². The summed E-state index contributed by atoms with van der Waals surface area (Å²) < 4.78 is 0.722. The Morgan fingerprint density at radius 1 is 0.947 bits per heavy atom. The SMILES string of the molecule is N#Cc1ccc(Nc2ccc(C#N)c(Br)c2)cc1Cl. The molecular weight excluding hydrogens is 326 g/mol. The van der Waals surface area contributed by atoms with E-state index in [1.807, 2.05) is 12.1 Å². The Morgan fingerprint density at radius 3 is 2.05 bits per heavy atom. The van der Waals surface area contributed by atoms with Crippen LogP contribution in [0.15, 0.2) is 40.9 Å². The average molecular weight is 333 g/mol. The Kier molecular flexibility index (Phi) is 4.06. The summed E-state index contributed by atoms with van der Waals surface area (Å²) in [4.78, 5) is 0. The van der Waals surface area contributed by atoms with Gasteiger partial charge in [-0.1, -0.05) is 11.6 Å². The van der Waals surface area contributed by atoms with E-state index in [9.17, 15) is 0 Å². The van der Waals surface area contributed by atoms with Crippen molar-refractivity contribution in [3.8, 4) is 12.1 Å². The van der Waals surface area contributed by atoms with Gasteiger partial charge in [0.15, 0.2) is 0 Å². The smallest absolute Gasteiger partial charge is 0.101 e. The topological polar surface area (TPSA) is 59.6 Å². The molecule has 0 aliphatic heterocycles. The number of nitrogens with zero attached hydrogens (tertiary/aromatic N) is 2. The van der Waals surface area contributed by atoms with E-state index < -0.39 is 0 Å². The van der Waals surface area contributed by atoms with Gasteiger partial charge in [-0.3, -0.25) is 0 Å². The molecule has 5 heteroatoms. The van der Waals surface area contributed by atoms with Gasteiger partial charge in [-0.05, 0) is 52.3 Å². The quantitative estimate of drug-likeness (QED) is 0.875. The van der Waals surface area contributed by atoms with Crippen molar-refractivity contribution in [3.63, 3.8) is 0 Å². The Balaban J connectivity index is 2.27. The van der Waals surface area contributed by atoms with E-state index in [0.717, 1.165) is 15.8 Å². The maximum atomic E-state index is 8.84. The van der Waals surface area contributed by atoms with Crippen LogP contribution >= 0.6 is 27.5 Å². The molecule has 0 aromatic heterocycles. The molecule has 0 radical (unpaired) electrons. The zero-order valence-corrected chi connectivity index (χ0v) is 12.0. The zero-order chi connectivity index (χ0) is 13.8. The summed E-state index contributed by atoms with van der Waals surface area (Å²) in [5, 5.41) is 21.2. The maximum Gasteiger partial charge on any atom is 0.101 e. The van der Waals surface area contributed by atoms with Crippen LogP contribution in [0.2, 0.25) is 5.02 Å². The average Bonchev–Trinajstić information content (AvgIpc) is 2.39. The number of anilines is 2. The van der Waals surface area contributed by atoms with E-state index in [1.54, 1.807) is 30.3 Å². The zero-order valence-electron chi connectivity index (χ0n) is 9.61. The fourth-order valence-corrected chi connectivity index (χ4v) is 2.22. The first-order chi connectivity index (χ1) is 9.13. The van der Waals surface area contributed by atoms with Crippen molar-refractivity contribution in [2.45, 2.75) is 0 Å². The molecule has 0 saturated carbocycles. The lowest BCUT2D eigenvalue weighted by Crippen LogP contribution is -1.91. The van der Waals surface area contributed by atoms with Crippen LogP contribution in [0.25, 0.3) is 0 Å². The second kappa shape index (κ2) is 5.75. The van der Waals surface area contributed by atoms with Gasteiger partial charge >= 0.3 is 0 Å². The van der Waals surface area contributed by atoms with E-state index in [2.05, 4.69) is 27.3 Å². The summed E-state index contributed by atoms with van der Waals surface area (Å²) in [6.07, 6.45) is 0. The normalized spacial score (nSPS) is 9.47. The summed E-state index contributed by atoms with van der Waals surface area (Å²) in [5.74, 6) is 0. The highest BCUT2D eigenvalue weighted by molar-refractivity contribution is 9.10. The van der Waals surface area contributed by atoms with Gasteiger partial charge in [-0.15, -0.1) is 0 Å². The third kappa shape index (κ3) is 3.06. The van der Waals surface area contributed by atoms with Gasteiger partial charge in [0.25, 0.3) is 0 Å². The molecule has 0 saturated heterocycles. The molecule has 0 aliphatic rings. The van der Waals surface area contributed by atoms with Crippen molar-refractivity contribution >= 4 is 38.9 Å². The van der Waals surface area contributed by atoms with Crippen LogP contribution in [0, 0.1) is 22.7 Å². The van der Waals surface area contributed by atoms with Gasteiger partial charge in [0, 0.05) is 15.8 Å². The molecule has 0 atom stereocenters. The fraction of sp³-hybridized carbons (Fsp3) is 0. The monoisotopic (exact) mass is 331 g/mol. The van der Waals surface area contributed by atoms with Crippen molar-refractivity contribution < 1.29 is 0 Å². The lowest BCUT2D eigenvalue weighted by atomic mass is 10.2. The van der Waals surface area contributed by atoms with E-state index >= 15 is 0 Å². The number of hydrogen-bond acceptors (Lipinski definition) is 3.